The molecule has 0 aliphatic carbocycles. The van der Waals surface area contributed by atoms with Crippen molar-refractivity contribution in [1.29, 1.82) is 0 Å². The van der Waals surface area contributed by atoms with E-state index in [1.165, 1.54) is 10.4 Å². The van der Waals surface area contributed by atoms with E-state index in [4.69, 9.17) is 0 Å². The number of benzene rings is 3. The molecule has 0 unspecified atom stereocenters. The van der Waals surface area contributed by atoms with Gasteiger partial charge < -0.3 is 5.11 Å². The molecule has 0 heterocycles. The van der Waals surface area contributed by atoms with Crippen molar-refractivity contribution in [3.05, 3.63) is 95.6 Å². The number of rotatable bonds is 7. The van der Waals surface area contributed by atoms with Crippen LogP contribution in [-0.2, 0) is 16.6 Å². The maximum Gasteiger partial charge on any atom is 0.271 e. The molecule has 8 heteroatoms. The van der Waals surface area contributed by atoms with Crippen LogP contribution in [0.3, 0.4) is 0 Å². The Labute approximate surface area is 181 Å². The molecule has 0 aromatic heterocycles. The number of sulfonamides is 1. The van der Waals surface area contributed by atoms with Crippen LogP contribution in [0.5, 0.6) is 5.75 Å². The number of anilines is 1. The number of hydrogen-bond acceptors (Lipinski definition) is 5. The Hall–Kier alpha value is -3.65. The number of phenolic OH excluding ortho intramolecular Hbond substituents is 1. The van der Waals surface area contributed by atoms with Crippen LogP contribution in [0.1, 0.15) is 28.4 Å². The second-order valence-electron chi connectivity index (χ2n) is 6.96. The molecule has 3 aromatic rings. The first-order valence-corrected chi connectivity index (χ1v) is 11.4. The summed E-state index contributed by atoms with van der Waals surface area (Å²) < 4.78 is 25.9. The van der Waals surface area contributed by atoms with Gasteiger partial charge in [0.15, 0.2) is 0 Å². The van der Waals surface area contributed by atoms with Gasteiger partial charge in [0.25, 0.3) is 5.91 Å². The lowest BCUT2D eigenvalue weighted by Crippen LogP contribution is -2.29. The summed E-state index contributed by atoms with van der Waals surface area (Å²) in [4.78, 5) is 12.4. The second-order valence-corrected chi connectivity index (χ2v) is 8.86. The van der Waals surface area contributed by atoms with E-state index in [1.54, 1.807) is 49.4 Å². The lowest BCUT2D eigenvalue weighted by molar-refractivity contribution is 0.0955. The number of carbonyl (C=O) groups excluding carboxylic acids is 1. The van der Waals surface area contributed by atoms with Gasteiger partial charge in [-0.15, -0.1) is 0 Å². The Kier molecular flexibility index (Phi) is 6.71. The average molecular weight is 438 g/mol. The lowest BCUT2D eigenvalue weighted by atomic mass is 10.1. The highest BCUT2D eigenvalue weighted by molar-refractivity contribution is 7.92. The number of aromatic hydroxyl groups is 1. The number of hydrazone groups is 1. The van der Waals surface area contributed by atoms with Gasteiger partial charge in [-0.05, 0) is 48.9 Å². The van der Waals surface area contributed by atoms with Crippen molar-refractivity contribution in [3.63, 3.8) is 0 Å². The molecule has 0 saturated carbocycles. The van der Waals surface area contributed by atoms with Crippen molar-refractivity contribution in [2.45, 2.75) is 13.5 Å². The summed E-state index contributed by atoms with van der Waals surface area (Å²) in [7, 11) is -3.52. The van der Waals surface area contributed by atoms with Crippen molar-refractivity contribution in [3.8, 4) is 5.75 Å². The third-order valence-corrected chi connectivity index (χ3v) is 5.75. The van der Waals surface area contributed by atoms with Crippen molar-refractivity contribution in [1.82, 2.24) is 5.43 Å². The third kappa shape index (κ3) is 5.70. The maximum atomic E-state index is 12.4. The monoisotopic (exact) mass is 437 g/mol. The zero-order valence-electron chi connectivity index (χ0n) is 17.2. The molecular weight excluding hydrogens is 414 g/mol. The molecule has 0 radical (unpaired) electrons. The zero-order chi connectivity index (χ0) is 22.4. The van der Waals surface area contributed by atoms with Crippen LogP contribution in [0.25, 0.3) is 0 Å². The number of carbonyl (C=O) groups is 1. The van der Waals surface area contributed by atoms with Gasteiger partial charge >= 0.3 is 0 Å². The van der Waals surface area contributed by atoms with E-state index in [-0.39, 0.29) is 12.3 Å². The number of amides is 1. The molecule has 0 bridgehead atoms. The van der Waals surface area contributed by atoms with Gasteiger partial charge in [-0.25, -0.2) is 13.8 Å². The summed E-state index contributed by atoms with van der Waals surface area (Å²) in [5.41, 5.74) is 5.05. The highest BCUT2D eigenvalue weighted by Gasteiger charge is 2.18. The summed E-state index contributed by atoms with van der Waals surface area (Å²) in [6.07, 6.45) is 1.15. The van der Waals surface area contributed by atoms with Gasteiger partial charge in [0, 0.05) is 11.1 Å². The second kappa shape index (κ2) is 9.44. The van der Waals surface area contributed by atoms with Crippen molar-refractivity contribution >= 4 is 27.3 Å². The van der Waals surface area contributed by atoms with Gasteiger partial charge in [-0.2, -0.15) is 5.10 Å². The summed E-state index contributed by atoms with van der Waals surface area (Å²) in [5, 5.41) is 13.9. The van der Waals surface area contributed by atoms with Crippen molar-refractivity contribution in [2.24, 2.45) is 5.10 Å². The van der Waals surface area contributed by atoms with E-state index in [1.807, 2.05) is 30.3 Å². The first kappa shape index (κ1) is 22.0. The number of para-hydroxylation sites is 1. The highest BCUT2D eigenvalue weighted by Crippen LogP contribution is 2.21. The molecule has 0 atom stereocenters. The largest absolute Gasteiger partial charge is 0.507 e. The summed E-state index contributed by atoms with van der Waals surface area (Å²) in [6, 6.07) is 22.2. The molecule has 31 heavy (non-hydrogen) atoms. The number of phenols is 1. The predicted octanol–water partition coefficient (Wildman–Crippen LogP) is 3.51. The first-order valence-electron chi connectivity index (χ1n) is 9.50. The Morgan fingerprint density at radius 2 is 1.58 bits per heavy atom. The Balaban J connectivity index is 1.75. The predicted molar refractivity (Wildman–Crippen MR) is 122 cm³/mol. The molecule has 1 amide bonds. The molecule has 3 aromatic carbocycles. The van der Waals surface area contributed by atoms with Gasteiger partial charge in [0.1, 0.15) is 5.75 Å². The fraction of sp³-hybridized carbons (Fsp3) is 0.130. The topological polar surface area (TPSA) is 99.1 Å². The molecular formula is C23H23N3O4S. The molecule has 7 nitrogen and oxygen atoms in total. The average Bonchev–Trinajstić information content (AvgIpc) is 2.76. The highest BCUT2D eigenvalue weighted by atomic mass is 32.2. The maximum absolute atomic E-state index is 12.4. The molecule has 160 valence electrons. The van der Waals surface area contributed by atoms with E-state index in [9.17, 15) is 18.3 Å². The molecule has 0 aliphatic rings. The molecule has 0 aliphatic heterocycles. The third-order valence-electron chi connectivity index (χ3n) is 4.61. The molecule has 2 N–H and O–H groups in total. The fourth-order valence-electron chi connectivity index (χ4n) is 2.97. The Bertz CT molecular complexity index is 1190. The molecule has 0 spiro atoms. The quantitative estimate of drug-likeness (QED) is 0.436. The lowest BCUT2D eigenvalue weighted by Gasteiger charge is -2.22. The van der Waals surface area contributed by atoms with Crippen molar-refractivity contribution < 1.29 is 18.3 Å². The van der Waals surface area contributed by atoms with Crippen LogP contribution in [0.15, 0.2) is 84.0 Å². The summed E-state index contributed by atoms with van der Waals surface area (Å²) in [6.45, 7) is 1.86. The van der Waals surface area contributed by atoms with E-state index >= 15 is 0 Å². The van der Waals surface area contributed by atoms with E-state index < -0.39 is 15.9 Å². The van der Waals surface area contributed by atoms with Crippen LogP contribution in [0.2, 0.25) is 0 Å². The van der Waals surface area contributed by atoms with Crippen LogP contribution in [0, 0.1) is 0 Å². The van der Waals surface area contributed by atoms with Crippen LogP contribution in [0.4, 0.5) is 5.69 Å². The minimum Gasteiger partial charge on any atom is -0.507 e. The van der Waals surface area contributed by atoms with E-state index in [2.05, 4.69) is 10.5 Å². The van der Waals surface area contributed by atoms with Crippen molar-refractivity contribution in [2.75, 3.05) is 10.6 Å². The minimum atomic E-state index is -3.52. The number of nitrogens with one attached hydrogen (secondary N) is 1. The normalized spacial score (nSPS) is 11.7. The van der Waals surface area contributed by atoms with Crippen LogP contribution < -0.4 is 9.73 Å². The summed E-state index contributed by atoms with van der Waals surface area (Å²) >= 11 is 0. The molecule has 3 rings (SSSR count). The zero-order valence-corrected chi connectivity index (χ0v) is 18.0. The summed E-state index contributed by atoms with van der Waals surface area (Å²) in [5.74, 6) is -0.378. The van der Waals surface area contributed by atoms with Gasteiger partial charge in [0.05, 0.1) is 24.2 Å². The van der Waals surface area contributed by atoms with E-state index in [0.717, 1.165) is 11.8 Å². The van der Waals surface area contributed by atoms with Crippen LogP contribution in [-0.4, -0.2) is 31.4 Å². The molecule has 0 saturated heterocycles. The van der Waals surface area contributed by atoms with Gasteiger partial charge in [-0.3, -0.25) is 9.10 Å². The number of nitrogens with zero attached hydrogens (tertiary/aromatic N) is 2. The number of hydrogen-bond donors (Lipinski definition) is 2. The minimum absolute atomic E-state index is 0.0710. The Morgan fingerprint density at radius 1 is 0.968 bits per heavy atom. The van der Waals surface area contributed by atoms with Crippen LogP contribution >= 0.6 is 0 Å². The first-order chi connectivity index (χ1) is 14.8. The Morgan fingerprint density at radius 3 is 2.19 bits per heavy atom. The smallest absolute Gasteiger partial charge is 0.271 e. The van der Waals surface area contributed by atoms with E-state index in [0.29, 0.717) is 22.5 Å². The fourth-order valence-corrected chi connectivity index (χ4v) is 3.86. The van der Waals surface area contributed by atoms with Gasteiger partial charge in [-0.1, -0.05) is 42.5 Å². The standard InChI is InChI=1S/C23H23N3O4S/c1-17(21-10-6-7-11-22(21)27)24-25-23(28)19-12-14-20(15-13-19)26(31(2,29)30)16-18-8-4-3-5-9-18/h3-15,27H,16H2,1-2H3,(H,25,28)/b24-17-. The SMILES string of the molecule is C/C(=N/NC(=O)c1ccc(N(Cc2ccccc2)S(C)(=O)=O)cc1)c1ccccc1O. The molecule has 0 fully saturated rings. The van der Waals surface area contributed by atoms with Gasteiger partial charge in [0.2, 0.25) is 10.0 Å².